The molecule has 2 saturated heterocycles. The van der Waals surface area contributed by atoms with E-state index in [-0.39, 0.29) is 68.9 Å². The smallest absolute Gasteiger partial charge is 0.379 e. The second-order valence-corrected chi connectivity index (χ2v) is 9.90. The fourth-order valence-corrected chi connectivity index (χ4v) is 5.38. The van der Waals surface area contributed by atoms with Gasteiger partial charge in [-0.25, -0.2) is 10.1 Å². The number of ether oxygens (including phenoxy) is 1. The Balaban J connectivity index is 1.15. The van der Waals surface area contributed by atoms with Crippen molar-refractivity contribution in [2.75, 3.05) is 54.5 Å². The molecule has 222 valence electrons. The normalized spacial score (nSPS) is 21.0. The molecule has 2 fully saturated rings. The zero-order valence-corrected chi connectivity index (χ0v) is 21.4. The lowest BCUT2D eigenvalue weighted by molar-refractivity contribution is -0.139. The van der Waals surface area contributed by atoms with Crippen LogP contribution in [0.15, 0.2) is 23.3 Å². The van der Waals surface area contributed by atoms with Crippen molar-refractivity contribution in [2.24, 2.45) is 0 Å². The van der Waals surface area contributed by atoms with Crippen molar-refractivity contribution in [1.82, 2.24) is 20.1 Å². The second-order valence-electron chi connectivity index (χ2n) is 9.90. The van der Waals surface area contributed by atoms with Gasteiger partial charge < -0.3 is 24.8 Å². The minimum atomic E-state index is -4.87. The number of nitrogens with one attached hydrogen (secondary N) is 2. The number of fused-ring (bicyclic) bond motifs is 3. The summed E-state index contributed by atoms with van der Waals surface area (Å²) in [6.45, 7) is 0.669. The van der Waals surface area contributed by atoms with Gasteiger partial charge in [-0.1, -0.05) is 0 Å². The molecule has 3 aliphatic heterocycles. The van der Waals surface area contributed by atoms with Crippen LogP contribution in [0.2, 0.25) is 0 Å². The molecule has 0 spiro atoms. The number of carbonyl (C=O) groups excluding carboxylic acids is 2. The minimum absolute atomic E-state index is 0.00101. The first-order valence-electron chi connectivity index (χ1n) is 12.8. The molecule has 0 radical (unpaired) electrons. The van der Waals surface area contributed by atoms with Crippen molar-refractivity contribution < 1.29 is 40.7 Å². The van der Waals surface area contributed by atoms with E-state index in [1.807, 2.05) is 5.10 Å². The van der Waals surface area contributed by atoms with E-state index in [1.165, 1.54) is 9.80 Å². The number of carbonyl (C=O) groups is 2. The van der Waals surface area contributed by atoms with Crippen LogP contribution in [-0.4, -0.2) is 83.4 Å². The maximum Gasteiger partial charge on any atom is 0.423 e. The van der Waals surface area contributed by atoms with Crippen LogP contribution in [-0.2, 0) is 26.7 Å². The van der Waals surface area contributed by atoms with Gasteiger partial charge in [0.1, 0.15) is 11.6 Å². The third-order valence-electron chi connectivity index (χ3n) is 7.34. The summed E-state index contributed by atoms with van der Waals surface area (Å²) in [5.41, 5.74) is -4.01. The molecule has 2 amide bonds. The Bertz CT molecular complexity index is 1380. The van der Waals surface area contributed by atoms with Gasteiger partial charge in [0.15, 0.2) is 5.82 Å². The monoisotopic (exact) mass is 589 g/mol. The van der Waals surface area contributed by atoms with Crippen molar-refractivity contribution in [2.45, 2.75) is 43.7 Å². The maximum absolute atomic E-state index is 13.5. The summed E-state index contributed by atoms with van der Waals surface area (Å²) in [7, 11) is 0. The molecule has 17 heteroatoms. The summed E-state index contributed by atoms with van der Waals surface area (Å²) in [5.74, 6) is -0.672. The molecule has 0 bridgehead atoms. The van der Waals surface area contributed by atoms with E-state index in [2.05, 4.69) is 15.4 Å². The van der Waals surface area contributed by atoms with Crippen LogP contribution in [0, 0.1) is 0 Å². The van der Waals surface area contributed by atoms with Gasteiger partial charge in [-0.2, -0.15) is 31.4 Å². The largest absolute Gasteiger partial charge is 0.423 e. The first-order valence-corrected chi connectivity index (χ1v) is 12.8. The molecule has 2 N–H and O–H groups in total. The molecule has 2 aromatic heterocycles. The Morgan fingerprint density at radius 2 is 1.83 bits per heavy atom. The topological polar surface area (TPSA) is 124 Å². The number of hydrogen-bond donors (Lipinski definition) is 2. The standard InChI is InChI=1S/C24H25F6N7O4/c25-23(26,27)13-8-15-20(31-9-13)37-6-5-35(11-17(37)21(39)33-15)18(38)3-7-41-12-14-2-1-4-36(14)16-10-32-34-22(40)19(16)24(28,29)30/h8-10,14,17H,1-7,11-12H2,(H,33,39)(H,34,40)/t14?,17-/m0/s1. The highest BCUT2D eigenvalue weighted by Gasteiger charge is 2.42. The summed E-state index contributed by atoms with van der Waals surface area (Å²) < 4.78 is 85.2. The van der Waals surface area contributed by atoms with Crippen molar-refractivity contribution in [3.63, 3.8) is 0 Å². The number of alkyl halides is 6. The molecule has 5 heterocycles. The second kappa shape index (κ2) is 10.8. The quantitative estimate of drug-likeness (QED) is 0.389. The predicted molar refractivity (Wildman–Crippen MR) is 131 cm³/mol. The molecule has 1 unspecified atom stereocenters. The van der Waals surface area contributed by atoms with Crippen molar-refractivity contribution in [3.05, 3.63) is 39.9 Å². The summed E-state index contributed by atoms with van der Waals surface area (Å²) in [6.07, 6.45) is -6.75. The fourth-order valence-electron chi connectivity index (χ4n) is 5.38. The van der Waals surface area contributed by atoms with Gasteiger partial charge in [-0.05, 0) is 18.9 Å². The SMILES string of the molecule is O=C1Nc2cc(C(F)(F)F)cnc2N2CCN(C(=O)CCOCC3CCCN3c3cn[nH]c(=O)c3C(F)(F)F)C[C@@H]12. The number of halogens is 6. The average Bonchev–Trinajstić information content (AvgIpc) is 3.37. The number of nitrogens with zero attached hydrogens (tertiary/aromatic N) is 5. The highest BCUT2D eigenvalue weighted by Crippen LogP contribution is 2.38. The number of rotatable bonds is 6. The number of piperazine rings is 1. The van der Waals surface area contributed by atoms with Gasteiger partial charge in [0.25, 0.3) is 5.56 Å². The van der Waals surface area contributed by atoms with E-state index < -0.39 is 47.0 Å². The minimum Gasteiger partial charge on any atom is -0.379 e. The number of amides is 2. The predicted octanol–water partition coefficient (Wildman–Crippen LogP) is 2.25. The lowest BCUT2D eigenvalue weighted by atomic mass is 10.1. The molecule has 41 heavy (non-hydrogen) atoms. The molecule has 2 aromatic rings. The number of H-pyrrole nitrogens is 1. The Labute approximate surface area is 228 Å². The van der Waals surface area contributed by atoms with E-state index in [0.29, 0.717) is 19.0 Å². The highest BCUT2D eigenvalue weighted by atomic mass is 19.4. The van der Waals surface area contributed by atoms with E-state index in [9.17, 15) is 40.7 Å². The van der Waals surface area contributed by atoms with Gasteiger partial charge in [0.05, 0.1) is 55.4 Å². The zero-order valence-electron chi connectivity index (χ0n) is 21.4. The van der Waals surface area contributed by atoms with Crippen LogP contribution >= 0.6 is 0 Å². The Hall–Kier alpha value is -3.89. The number of pyridine rings is 1. The number of aromatic amines is 1. The molecule has 11 nitrogen and oxygen atoms in total. The van der Waals surface area contributed by atoms with Crippen LogP contribution in [0.25, 0.3) is 0 Å². The number of anilines is 3. The van der Waals surface area contributed by atoms with Gasteiger partial charge in [-0.15, -0.1) is 0 Å². The Morgan fingerprint density at radius 3 is 2.56 bits per heavy atom. The van der Waals surface area contributed by atoms with E-state index >= 15 is 0 Å². The molecular formula is C24H25F6N7O4. The number of hydrogen-bond acceptors (Lipinski definition) is 8. The summed E-state index contributed by atoms with van der Waals surface area (Å²) in [4.78, 5) is 45.7. The third kappa shape index (κ3) is 5.80. The van der Waals surface area contributed by atoms with Crippen LogP contribution < -0.4 is 20.7 Å². The van der Waals surface area contributed by atoms with Gasteiger partial charge >= 0.3 is 12.4 Å². The molecule has 5 rings (SSSR count). The fraction of sp³-hybridized carbons (Fsp3) is 0.542. The van der Waals surface area contributed by atoms with Crippen LogP contribution in [0.1, 0.15) is 30.4 Å². The first kappa shape index (κ1) is 28.6. The molecule has 0 aliphatic carbocycles. The summed E-state index contributed by atoms with van der Waals surface area (Å²) in [5, 5.41) is 7.78. The Morgan fingerprint density at radius 1 is 1.05 bits per heavy atom. The van der Waals surface area contributed by atoms with Crippen molar-refractivity contribution in [3.8, 4) is 0 Å². The molecule has 2 atom stereocenters. The van der Waals surface area contributed by atoms with E-state index in [1.54, 1.807) is 4.90 Å². The van der Waals surface area contributed by atoms with E-state index in [0.717, 1.165) is 12.3 Å². The first-order chi connectivity index (χ1) is 19.3. The maximum atomic E-state index is 13.5. The molecule has 3 aliphatic rings. The molecule has 0 saturated carbocycles. The average molecular weight is 589 g/mol. The van der Waals surface area contributed by atoms with Crippen LogP contribution in [0.4, 0.5) is 43.5 Å². The van der Waals surface area contributed by atoms with Crippen molar-refractivity contribution in [1.29, 1.82) is 0 Å². The summed E-state index contributed by atoms with van der Waals surface area (Å²) >= 11 is 0. The Kier molecular flexibility index (Phi) is 7.56. The molecule has 0 aromatic carbocycles. The zero-order chi connectivity index (χ0) is 29.5. The lowest BCUT2D eigenvalue weighted by Gasteiger charge is -2.44. The third-order valence-corrected chi connectivity index (χ3v) is 7.34. The van der Waals surface area contributed by atoms with Gasteiger partial charge in [0, 0.05) is 25.8 Å². The molecular weight excluding hydrogens is 564 g/mol. The van der Waals surface area contributed by atoms with Gasteiger partial charge in [0.2, 0.25) is 11.8 Å². The van der Waals surface area contributed by atoms with Crippen molar-refractivity contribution >= 4 is 29.0 Å². The van der Waals surface area contributed by atoms with E-state index in [4.69, 9.17) is 4.74 Å². The van der Waals surface area contributed by atoms with Gasteiger partial charge in [-0.3, -0.25) is 14.4 Å². The summed E-state index contributed by atoms with van der Waals surface area (Å²) in [6, 6.07) is -0.454. The van der Waals surface area contributed by atoms with Crippen LogP contribution in [0.3, 0.4) is 0 Å². The number of aromatic nitrogens is 3. The van der Waals surface area contributed by atoms with Crippen LogP contribution in [0.5, 0.6) is 0 Å². The highest BCUT2D eigenvalue weighted by molar-refractivity contribution is 6.03. The lowest BCUT2D eigenvalue weighted by Crippen LogP contribution is -2.61.